The van der Waals surface area contributed by atoms with Crippen molar-refractivity contribution < 1.29 is 4.79 Å². The molecule has 0 aromatic rings. The minimum absolute atomic E-state index is 0.281. The lowest BCUT2D eigenvalue weighted by Crippen LogP contribution is -2.35. The summed E-state index contributed by atoms with van der Waals surface area (Å²) >= 11 is 0. The summed E-state index contributed by atoms with van der Waals surface area (Å²) in [6.07, 6.45) is 1.88. The fourth-order valence-electron chi connectivity index (χ4n) is 1.31. The van der Waals surface area contributed by atoms with Crippen molar-refractivity contribution in [3.8, 4) is 0 Å². The Morgan fingerprint density at radius 3 is 2.31 bits per heavy atom. The van der Waals surface area contributed by atoms with E-state index in [9.17, 15) is 4.79 Å². The maximum atomic E-state index is 10.8. The molecule has 0 bridgehead atoms. The summed E-state index contributed by atoms with van der Waals surface area (Å²) in [5.74, 6) is 0.986. The Morgan fingerprint density at radius 2 is 1.92 bits per heavy atom. The Kier molecular flexibility index (Phi) is 5.97. The van der Waals surface area contributed by atoms with Crippen LogP contribution in [0.4, 0.5) is 0 Å². The fourth-order valence-corrected chi connectivity index (χ4v) is 1.31. The van der Waals surface area contributed by atoms with Gasteiger partial charge in [-0.25, -0.2) is 0 Å². The predicted molar refractivity (Wildman–Crippen MR) is 56.8 cm³/mol. The Labute approximate surface area is 82.3 Å². The normalized spacial score (nSPS) is 15.8. The van der Waals surface area contributed by atoms with E-state index in [1.807, 2.05) is 0 Å². The van der Waals surface area contributed by atoms with E-state index in [2.05, 4.69) is 32.7 Å². The SMILES string of the molecule is CCC(C)C(C)N(C)CCC(C)=O. The van der Waals surface area contributed by atoms with E-state index in [4.69, 9.17) is 0 Å². The molecule has 0 radical (unpaired) electrons. The van der Waals surface area contributed by atoms with E-state index >= 15 is 0 Å². The Balaban J connectivity index is 3.81. The van der Waals surface area contributed by atoms with Gasteiger partial charge in [-0.2, -0.15) is 0 Å². The zero-order valence-corrected chi connectivity index (χ0v) is 9.63. The van der Waals surface area contributed by atoms with Crippen LogP contribution in [0.25, 0.3) is 0 Å². The van der Waals surface area contributed by atoms with Gasteiger partial charge in [0.25, 0.3) is 0 Å². The van der Waals surface area contributed by atoms with Gasteiger partial charge in [-0.05, 0) is 26.8 Å². The molecule has 0 aromatic carbocycles. The third kappa shape index (κ3) is 5.04. The smallest absolute Gasteiger partial charge is 0.131 e. The molecule has 0 aromatic heterocycles. The molecule has 0 fully saturated rings. The highest BCUT2D eigenvalue weighted by Gasteiger charge is 2.14. The quantitative estimate of drug-likeness (QED) is 0.633. The van der Waals surface area contributed by atoms with Crippen molar-refractivity contribution in [2.45, 2.75) is 46.6 Å². The minimum Gasteiger partial charge on any atom is -0.303 e. The maximum Gasteiger partial charge on any atom is 0.131 e. The minimum atomic E-state index is 0.281. The molecule has 0 aliphatic heterocycles. The molecule has 0 amide bonds. The van der Waals surface area contributed by atoms with Crippen LogP contribution in [0.15, 0.2) is 0 Å². The van der Waals surface area contributed by atoms with E-state index in [0.717, 1.165) is 6.54 Å². The van der Waals surface area contributed by atoms with Gasteiger partial charge in [0.1, 0.15) is 5.78 Å². The van der Waals surface area contributed by atoms with Crippen LogP contribution in [0.3, 0.4) is 0 Å². The lowest BCUT2D eigenvalue weighted by molar-refractivity contribution is -0.117. The first kappa shape index (κ1) is 12.6. The van der Waals surface area contributed by atoms with Crippen molar-refractivity contribution in [2.24, 2.45) is 5.92 Å². The molecule has 0 aliphatic rings. The zero-order chi connectivity index (χ0) is 10.4. The molecule has 13 heavy (non-hydrogen) atoms. The highest BCUT2D eigenvalue weighted by Crippen LogP contribution is 2.12. The van der Waals surface area contributed by atoms with Crippen LogP contribution in [-0.2, 0) is 4.79 Å². The van der Waals surface area contributed by atoms with Crippen molar-refractivity contribution in [3.63, 3.8) is 0 Å². The van der Waals surface area contributed by atoms with Gasteiger partial charge in [-0.3, -0.25) is 4.79 Å². The number of ketones is 1. The van der Waals surface area contributed by atoms with E-state index < -0.39 is 0 Å². The molecule has 0 heterocycles. The van der Waals surface area contributed by atoms with Gasteiger partial charge in [-0.1, -0.05) is 20.3 Å². The van der Waals surface area contributed by atoms with Crippen LogP contribution in [0.1, 0.15) is 40.5 Å². The van der Waals surface area contributed by atoms with E-state index in [1.165, 1.54) is 6.42 Å². The van der Waals surface area contributed by atoms with Crippen molar-refractivity contribution >= 4 is 5.78 Å². The maximum absolute atomic E-state index is 10.8. The molecule has 0 rings (SSSR count). The van der Waals surface area contributed by atoms with Crippen molar-refractivity contribution in [1.82, 2.24) is 4.90 Å². The molecule has 0 spiro atoms. The highest BCUT2D eigenvalue weighted by atomic mass is 16.1. The first-order valence-electron chi connectivity index (χ1n) is 5.18. The second kappa shape index (κ2) is 6.14. The van der Waals surface area contributed by atoms with Crippen LogP contribution in [0, 0.1) is 5.92 Å². The summed E-state index contributed by atoms with van der Waals surface area (Å²) in [4.78, 5) is 13.1. The largest absolute Gasteiger partial charge is 0.303 e. The molecular weight excluding hydrogens is 162 g/mol. The van der Waals surface area contributed by atoms with Gasteiger partial charge in [0.05, 0.1) is 0 Å². The van der Waals surface area contributed by atoms with Crippen molar-refractivity contribution in [1.29, 1.82) is 0 Å². The van der Waals surface area contributed by atoms with Crippen molar-refractivity contribution in [3.05, 3.63) is 0 Å². The van der Waals surface area contributed by atoms with Crippen molar-refractivity contribution in [2.75, 3.05) is 13.6 Å². The van der Waals surface area contributed by atoms with Gasteiger partial charge in [0.15, 0.2) is 0 Å². The average molecular weight is 185 g/mol. The van der Waals surface area contributed by atoms with E-state index in [1.54, 1.807) is 6.92 Å². The van der Waals surface area contributed by atoms with Crippen LogP contribution in [0.5, 0.6) is 0 Å². The third-order valence-corrected chi connectivity index (χ3v) is 2.98. The number of Topliss-reactive ketones (excluding diaryl/α,β-unsaturated/α-hetero) is 1. The first-order chi connectivity index (χ1) is 5.99. The van der Waals surface area contributed by atoms with Crippen LogP contribution >= 0.6 is 0 Å². The molecule has 0 aliphatic carbocycles. The zero-order valence-electron chi connectivity index (χ0n) is 9.63. The Morgan fingerprint density at radius 1 is 1.38 bits per heavy atom. The molecule has 0 saturated heterocycles. The van der Waals surface area contributed by atoms with Crippen LogP contribution in [0.2, 0.25) is 0 Å². The Hall–Kier alpha value is -0.370. The average Bonchev–Trinajstić information content (AvgIpc) is 2.11. The van der Waals surface area contributed by atoms with Gasteiger partial charge in [0, 0.05) is 19.0 Å². The number of hydrogen-bond donors (Lipinski definition) is 0. The lowest BCUT2D eigenvalue weighted by atomic mass is 9.99. The second-order valence-electron chi connectivity index (χ2n) is 4.06. The standard InChI is InChI=1S/C11H23NO/c1-6-9(2)11(4)12(5)8-7-10(3)13/h9,11H,6-8H2,1-5H3. The molecule has 2 heteroatoms. The fraction of sp³-hybridized carbons (Fsp3) is 0.909. The summed E-state index contributed by atoms with van der Waals surface area (Å²) in [6, 6.07) is 0.573. The number of nitrogens with zero attached hydrogens (tertiary/aromatic N) is 1. The molecule has 2 unspecified atom stereocenters. The molecule has 2 atom stereocenters. The molecule has 78 valence electrons. The van der Waals surface area contributed by atoms with E-state index in [-0.39, 0.29) is 5.78 Å². The number of carbonyl (C=O) groups is 1. The topological polar surface area (TPSA) is 20.3 Å². The van der Waals surface area contributed by atoms with Crippen LogP contribution < -0.4 is 0 Å². The van der Waals surface area contributed by atoms with Gasteiger partial charge in [-0.15, -0.1) is 0 Å². The number of carbonyl (C=O) groups excluding carboxylic acids is 1. The van der Waals surface area contributed by atoms with E-state index in [0.29, 0.717) is 18.4 Å². The second-order valence-corrected chi connectivity index (χ2v) is 4.06. The number of hydrogen-bond acceptors (Lipinski definition) is 2. The summed E-state index contributed by atoms with van der Waals surface area (Å²) in [5, 5.41) is 0. The van der Waals surface area contributed by atoms with Gasteiger partial charge in [0.2, 0.25) is 0 Å². The molecule has 2 nitrogen and oxygen atoms in total. The third-order valence-electron chi connectivity index (χ3n) is 2.98. The summed E-state index contributed by atoms with van der Waals surface area (Å²) < 4.78 is 0. The van der Waals surface area contributed by atoms with Gasteiger partial charge >= 0.3 is 0 Å². The highest BCUT2D eigenvalue weighted by molar-refractivity contribution is 5.75. The Bertz CT molecular complexity index is 156. The van der Waals surface area contributed by atoms with Crippen LogP contribution in [-0.4, -0.2) is 30.3 Å². The number of rotatable bonds is 6. The monoisotopic (exact) mass is 185 g/mol. The predicted octanol–water partition coefficient (Wildman–Crippen LogP) is 2.33. The summed E-state index contributed by atoms with van der Waals surface area (Å²) in [5.41, 5.74) is 0. The molecule has 0 N–H and O–H groups in total. The van der Waals surface area contributed by atoms with Gasteiger partial charge < -0.3 is 4.90 Å². The molecule has 0 saturated carbocycles. The molecular formula is C11H23NO. The summed E-state index contributed by atoms with van der Waals surface area (Å²) in [6.45, 7) is 9.24. The first-order valence-corrected chi connectivity index (χ1v) is 5.18. The summed E-state index contributed by atoms with van der Waals surface area (Å²) in [7, 11) is 2.10. The lowest BCUT2D eigenvalue weighted by Gasteiger charge is -2.28.